The Morgan fingerprint density at radius 1 is 1.30 bits per heavy atom. The molecule has 2 aliphatic rings. The van der Waals surface area contributed by atoms with Crippen LogP contribution >= 0.6 is 0 Å². The number of amides is 1. The maximum atomic E-state index is 12.1. The number of ether oxygens (including phenoxy) is 1. The zero-order chi connectivity index (χ0) is 14.6. The summed E-state index contributed by atoms with van der Waals surface area (Å²) in [4.78, 5) is 14.5. The van der Waals surface area contributed by atoms with Gasteiger partial charge in [-0.1, -0.05) is 12.8 Å². The van der Waals surface area contributed by atoms with E-state index in [1.165, 1.54) is 0 Å². The van der Waals surface area contributed by atoms with E-state index in [1.54, 1.807) is 0 Å². The van der Waals surface area contributed by atoms with Crippen LogP contribution in [0.3, 0.4) is 0 Å². The van der Waals surface area contributed by atoms with Gasteiger partial charge in [0.15, 0.2) is 0 Å². The van der Waals surface area contributed by atoms with E-state index in [-0.39, 0.29) is 5.91 Å². The zero-order valence-electron chi connectivity index (χ0n) is 12.9. The largest absolute Gasteiger partial charge is 0.373 e. The van der Waals surface area contributed by atoms with Gasteiger partial charge in [-0.25, -0.2) is 0 Å². The Balaban J connectivity index is 1.62. The van der Waals surface area contributed by atoms with Crippen molar-refractivity contribution in [1.29, 1.82) is 0 Å². The predicted octanol–water partition coefficient (Wildman–Crippen LogP) is 0.873. The van der Waals surface area contributed by atoms with Crippen LogP contribution in [-0.4, -0.2) is 54.7 Å². The molecule has 0 bridgehead atoms. The highest BCUT2D eigenvalue weighted by Crippen LogP contribution is 2.27. The van der Waals surface area contributed by atoms with Gasteiger partial charge in [-0.05, 0) is 33.1 Å². The summed E-state index contributed by atoms with van der Waals surface area (Å²) in [6.45, 7) is 7.93. The molecule has 0 aromatic heterocycles. The molecule has 1 aliphatic carbocycles. The number of hydrogen-bond donors (Lipinski definition) is 2. The van der Waals surface area contributed by atoms with Crippen LogP contribution in [0.1, 0.15) is 46.0 Å². The number of nitrogens with two attached hydrogens (primary N) is 1. The Bertz CT molecular complexity index is 319. The number of hydrogen-bond acceptors (Lipinski definition) is 4. The average molecular weight is 283 g/mol. The van der Waals surface area contributed by atoms with E-state index < -0.39 is 5.54 Å². The fraction of sp³-hybridized carbons (Fsp3) is 0.933. The van der Waals surface area contributed by atoms with Crippen LogP contribution in [0.5, 0.6) is 0 Å². The third-order valence-corrected chi connectivity index (χ3v) is 4.38. The number of nitrogens with zero attached hydrogens (tertiary/aromatic N) is 1. The Kier molecular flexibility index (Phi) is 5.41. The molecule has 1 saturated carbocycles. The first kappa shape index (κ1) is 15.7. The molecular formula is C15H29N3O2. The molecular weight excluding hydrogens is 254 g/mol. The van der Waals surface area contributed by atoms with Gasteiger partial charge in [-0.3, -0.25) is 9.69 Å². The van der Waals surface area contributed by atoms with Crippen LogP contribution in [0.25, 0.3) is 0 Å². The van der Waals surface area contributed by atoms with Crippen molar-refractivity contribution in [2.24, 2.45) is 5.73 Å². The molecule has 0 aromatic rings. The number of carbonyl (C=O) groups is 1. The van der Waals surface area contributed by atoms with Crippen molar-refractivity contribution in [2.45, 2.75) is 63.7 Å². The van der Waals surface area contributed by atoms with E-state index in [0.717, 1.165) is 58.3 Å². The Hall–Kier alpha value is -0.650. The fourth-order valence-electron chi connectivity index (χ4n) is 3.38. The molecule has 2 atom stereocenters. The van der Waals surface area contributed by atoms with Gasteiger partial charge in [-0.2, -0.15) is 0 Å². The SMILES string of the molecule is CC1CN(CCCNC(=O)C2(N)CCCC2)CC(C)O1. The molecule has 0 spiro atoms. The monoisotopic (exact) mass is 283 g/mol. The normalized spacial score (nSPS) is 30.4. The van der Waals surface area contributed by atoms with Crippen molar-refractivity contribution in [3.8, 4) is 0 Å². The third-order valence-electron chi connectivity index (χ3n) is 4.38. The van der Waals surface area contributed by atoms with Gasteiger partial charge in [0.2, 0.25) is 5.91 Å². The molecule has 1 aliphatic heterocycles. The van der Waals surface area contributed by atoms with Gasteiger partial charge in [0, 0.05) is 26.2 Å². The molecule has 3 N–H and O–H groups in total. The summed E-state index contributed by atoms with van der Waals surface area (Å²) >= 11 is 0. The van der Waals surface area contributed by atoms with Crippen LogP contribution in [-0.2, 0) is 9.53 Å². The van der Waals surface area contributed by atoms with Crippen LogP contribution in [0.2, 0.25) is 0 Å². The molecule has 2 rings (SSSR count). The van der Waals surface area contributed by atoms with E-state index in [1.807, 2.05) is 0 Å². The van der Waals surface area contributed by atoms with Crippen molar-refractivity contribution in [2.75, 3.05) is 26.2 Å². The lowest BCUT2D eigenvalue weighted by atomic mass is 9.98. The van der Waals surface area contributed by atoms with Crippen molar-refractivity contribution in [3.63, 3.8) is 0 Å². The first-order valence-electron chi connectivity index (χ1n) is 7.94. The zero-order valence-corrected chi connectivity index (χ0v) is 12.9. The van der Waals surface area contributed by atoms with Gasteiger partial charge in [0.05, 0.1) is 17.7 Å². The Morgan fingerprint density at radius 2 is 1.90 bits per heavy atom. The quantitative estimate of drug-likeness (QED) is 0.735. The van der Waals surface area contributed by atoms with Crippen molar-refractivity contribution in [3.05, 3.63) is 0 Å². The van der Waals surface area contributed by atoms with Crippen LogP contribution in [0.15, 0.2) is 0 Å². The van der Waals surface area contributed by atoms with Crippen molar-refractivity contribution >= 4 is 5.91 Å². The van der Waals surface area contributed by atoms with Gasteiger partial charge in [0.1, 0.15) is 0 Å². The second-order valence-electron chi connectivity index (χ2n) is 6.49. The van der Waals surface area contributed by atoms with Gasteiger partial charge < -0.3 is 15.8 Å². The summed E-state index contributed by atoms with van der Waals surface area (Å²) in [6, 6.07) is 0. The minimum Gasteiger partial charge on any atom is -0.373 e. The molecule has 5 nitrogen and oxygen atoms in total. The lowest BCUT2D eigenvalue weighted by molar-refractivity contribution is -0.126. The molecule has 1 amide bonds. The summed E-state index contributed by atoms with van der Waals surface area (Å²) in [7, 11) is 0. The fourth-order valence-corrected chi connectivity index (χ4v) is 3.38. The standard InChI is InChI=1S/C15H29N3O2/c1-12-10-18(11-13(2)20-12)9-5-8-17-14(19)15(16)6-3-4-7-15/h12-13H,3-11,16H2,1-2H3,(H,17,19). The molecule has 2 fully saturated rings. The minimum atomic E-state index is -0.595. The molecule has 2 unspecified atom stereocenters. The third kappa shape index (κ3) is 4.17. The van der Waals surface area contributed by atoms with E-state index >= 15 is 0 Å². The van der Waals surface area contributed by atoms with E-state index in [0.29, 0.717) is 12.2 Å². The highest BCUT2D eigenvalue weighted by molar-refractivity contribution is 5.86. The molecule has 0 radical (unpaired) electrons. The van der Waals surface area contributed by atoms with Gasteiger partial charge in [-0.15, -0.1) is 0 Å². The summed E-state index contributed by atoms with van der Waals surface area (Å²) < 4.78 is 5.71. The molecule has 116 valence electrons. The number of rotatable bonds is 5. The predicted molar refractivity (Wildman–Crippen MR) is 79.5 cm³/mol. The van der Waals surface area contributed by atoms with Crippen LogP contribution in [0.4, 0.5) is 0 Å². The molecule has 1 heterocycles. The first-order chi connectivity index (χ1) is 9.49. The molecule has 0 aromatic carbocycles. The summed E-state index contributed by atoms with van der Waals surface area (Å²) in [6.07, 6.45) is 5.40. The molecule has 5 heteroatoms. The van der Waals surface area contributed by atoms with Crippen LogP contribution < -0.4 is 11.1 Å². The maximum absolute atomic E-state index is 12.1. The highest BCUT2D eigenvalue weighted by Gasteiger charge is 2.36. The second-order valence-corrected chi connectivity index (χ2v) is 6.49. The van der Waals surface area contributed by atoms with Crippen molar-refractivity contribution < 1.29 is 9.53 Å². The minimum absolute atomic E-state index is 0.0405. The van der Waals surface area contributed by atoms with Gasteiger partial charge in [0.25, 0.3) is 0 Å². The Labute approximate surface area is 122 Å². The summed E-state index contributed by atoms with van der Waals surface area (Å²) in [5.41, 5.74) is 5.53. The smallest absolute Gasteiger partial charge is 0.240 e. The highest BCUT2D eigenvalue weighted by atomic mass is 16.5. The second kappa shape index (κ2) is 6.87. The van der Waals surface area contributed by atoms with E-state index in [4.69, 9.17) is 10.5 Å². The number of carbonyl (C=O) groups excluding carboxylic acids is 1. The Morgan fingerprint density at radius 3 is 2.50 bits per heavy atom. The number of nitrogens with one attached hydrogen (secondary N) is 1. The lowest BCUT2D eigenvalue weighted by Crippen LogP contribution is -2.52. The topological polar surface area (TPSA) is 67.6 Å². The van der Waals surface area contributed by atoms with Gasteiger partial charge >= 0.3 is 0 Å². The number of morpholine rings is 1. The van der Waals surface area contributed by atoms with Crippen LogP contribution in [0, 0.1) is 0 Å². The van der Waals surface area contributed by atoms with E-state index in [9.17, 15) is 4.79 Å². The van der Waals surface area contributed by atoms with E-state index in [2.05, 4.69) is 24.1 Å². The first-order valence-corrected chi connectivity index (χ1v) is 7.94. The maximum Gasteiger partial charge on any atom is 0.240 e. The molecule has 1 saturated heterocycles. The average Bonchev–Trinajstić information content (AvgIpc) is 2.81. The lowest BCUT2D eigenvalue weighted by Gasteiger charge is -2.35. The van der Waals surface area contributed by atoms with Crippen molar-refractivity contribution in [1.82, 2.24) is 10.2 Å². The summed E-state index contributed by atoms with van der Waals surface area (Å²) in [5, 5.41) is 3.01. The molecule has 20 heavy (non-hydrogen) atoms. The summed E-state index contributed by atoms with van der Waals surface area (Å²) in [5.74, 6) is 0.0405.